The van der Waals surface area contributed by atoms with Crippen LogP contribution in [-0.4, -0.2) is 34.7 Å². The van der Waals surface area contributed by atoms with Crippen molar-refractivity contribution in [1.82, 2.24) is 4.72 Å². The van der Waals surface area contributed by atoms with Gasteiger partial charge in [-0.15, -0.1) is 0 Å². The van der Waals surface area contributed by atoms with Crippen LogP contribution in [0.15, 0.2) is 18.2 Å². The average molecular weight is 273 g/mol. The van der Waals surface area contributed by atoms with Crippen molar-refractivity contribution in [2.45, 2.75) is 6.54 Å². The van der Waals surface area contributed by atoms with Crippen molar-refractivity contribution in [1.29, 1.82) is 0 Å². The maximum absolute atomic E-state index is 11.5. The highest BCUT2D eigenvalue weighted by atomic mass is 32.2. The summed E-state index contributed by atoms with van der Waals surface area (Å²) in [5, 5.41) is 0. The molecule has 0 aliphatic carbocycles. The van der Waals surface area contributed by atoms with E-state index in [1.165, 1.54) is 7.11 Å². The van der Waals surface area contributed by atoms with Crippen molar-refractivity contribution in [3.63, 3.8) is 0 Å². The molecule has 1 aromatic carbocycles. The Labute approximate surface area is 106 Å². The molecule has 0 saturated carbocycles. The van der Waals surface area contributed by atoms with Crippen molar-refractivity contribution in [2.24, 2.45) is 0 Å². The molecule has 0 saturated heterocycles. The number of hydrogen-bond donors (Lipinski definition) is 1. The molecule has 0 atom stereocenters. The summed E-state index contributed by atoms with van der Waals surface area (Å²) in [6.45, 7) is 0.609. The number of hydrogen-bond acceptors (Lipinski definition) is 5. The SMILES string of the molecule is COCCS(=O)(=O)NCc1ccc2c(c1)OCO2. The highest BCUT2D eigenvalue weighted by Gasteiger charge is 2.14. The Hall–Kier alpha value is -1.31. The van der Waals surface area contributed by atoms with Gasteiger partial charge in [0.2, 0.25) is 16.8 Å². The molecule has 0 fully saturated rings. The molecule has 0 bridgehead atoms. The van der Waals surface area contributed by atoms with Gasteiger partial charge in [-0.3, -0.25) is 0 Å². The minimum absolute atomic E-state index is 0.0476. The van der Waals surface area contributed by atoms with Crippen molar-refractivity contribution < 1.29 is 22.6 Å². The first-order valence-electron chi connectivity index (χ1n) is 5.45. The summed E-state index contributed by atoms with van der Waals surface area (Å²) in [4.78, 5) is 0. The summed E-state index contributed by atoms with van der Waals surface area (Å²) in [7, 11) is -1.84. The van der Waals surface area contributed by atoms with E-state index in [9.17, 15) is 8.42 Å². The molecule has 18 heavy (non-hydrogen) atoms. The fourth-order valence-corrected chi connectivity index (χ4v) is 2.43. The maximum Gasteiger partial charge on any atom is 0.231 e. The first kappa shape index (κ1) is 13.1. The van der Waals surface area contributed by atoms with Gasteiger partial charge in [-0.25, -0.2) is 13.1 Å². The lowest BCUT2D eigenvalue weighted by molar-refractivity contribution is 0.174. The number of rotatable bonds is 6. The van der Waals surface area contributed by atoms with E-state index < -0.39 is 10.0 Å². The Morgan fingerprint density at radius 1 is 1.33 bits per heavy atom. The zero-order valence-corrected chi connectivity index (χ0v) is 10.8. The van der Waals surface area contributed by atoms with Crippen LogP contribution in [0.3, 0.4) is 0 Å². The van der Waals surface area contributed by atoms with E-state index in [2.05, 4.69) is 4.72 Å². The van der Waals surface area contributed by atoms with E-state index in [1.54, 1.807) is 18.2 Å². The molecule has 6 nitrogen and oxygen atoms in total. The fourth-order valence-electron chi connectivity index (χ4n) is 1.51. The van der Waals surface area contributed by atoms with Gasteiger partial charge in [-0.2, -0.15) is 0 Å². The van der Waals surface area contributed by atoms with Gasteiger partial charge >= 0.3 is 0 Å². The van der Waals surface area contributed by atoms with Crippen molar-refractivity contribution in [3.8, 4) is 11.5 Å². The Morgan fingerprint density at radius 3 is 2.89 bits per heavy atom. The van der Waals surface area contributed by atoms with E-state index in [0.717, 1.165) is 5.56 Å². The Balaban J connectivity index is 1.94. The number of benzene rings is 1. The molecule has 1 heterocycles. The molecule has 0 spiro atoms. The average Bonchev–Trinajstić information content (AvgIpc) is 2.81. The van der Waals surface area contributed by atoms with Gasteiger partial charge < -0.3 is 14.2 Å². The van der Waals surface area contributed by atoms with E-state index in [-0.39, 0.29) is 25.7 Å². The third-order valence-electron chi connectivity index (χ3n) is 2.49. The number of fused-ring (bicyclic) bond motifs is 1. The molecule has 1 aromatic rings. The number of ether oxygens (including phenoxy) is 3. The van der Waals surface area contributed by atoms with Crippen LogP contribution in [-0.2, 0) is 21.3 Å². The normalized spacial score (nSPS) is 13.8. The lowest BCUT2D eigenvalue weighted by atomic mass is 10.2. The van der Waals surface area contributed by atoms with E-state index in [1.807, 2.05) is 0 Å². The minimum Gasteiger partial charge on any atom is -0.454 e. The molecule has 0 amide bonds. The van der Waals surface area contributed by atoms with E-state index >= 15 is 0 Å². The minimum atomic E-state index is -3.30. The maximum atomic E-state index is 11.5. The standard InChI is InChI=1S/C11H15NO5S/c1-15-4-5-18(13,14)12-7-9-2-3-10-11(6-9)17-8-16-10/h2-3,6,12H,4-5,7-8H2,1H3. The van der Waals surface area contributed by atoms with Crippen LogP contribution in [0.25, 0.3) is 0 Å². The van der Waals surface area contributed by atoms with Gasteiger partial charge in [0, 0.05) is 13.7 Å². The summed E-state index contributed by atoms with van der Waals surface area (Å²) in [5.74, 6) is 1.28. The second-order valence-electron chi connectivity index (χ2n) is 3.82. The highest BCUT2D eigenvalue weighted by Crippen LogP contribution is 2.32. The Bertz CT molecular complexity index is 514. The largest absolute Gasteiger partial charge is 0.454 e. The lowest BCUT2D eigenvalue weighted by Gasteiger charge is -2.06. The third-order valence-corrected chi connectivity index (χ3v) is 3.78. The van der Waals surface area contributed by atoms with E-state index in [4.69, 9.17) is 14.2 Å². The van der Waals surface area contributed by atoms with Gasteiger partial charge in [0.15, 0.2) is 11.5 Å². The molecule has 1 aliphatic heterocycles. The molecule has 0 radical (unpaired) electrons. The van der Waals surface area contributed by atoms with Crippen LogP contribution >= 0.6 is 0 Å². The molecular weight excluding hydrogens is 258 g/mol. The zero-order valence-electron chi connectivity index (χ0n) is 10.0. The highest BCUT2D eigenvalue weighted by molar-refractivity contribution is 7.89. The van der Waals surface area contributed by atoms with Gasteiger partial charge in [0.05, 0.1) is 12.4 Å². The van der Waals surface area contributed by atoms with Crippen LogP contribution in [0.1, 0.15) is 5.56 Å². The lowest BCUT2D eigenvalue weighted by Crippen LogP contribution is -2.27. The first-order valence-corrected chi connectivity index (χ1v) is 7.11. The summed E-state index contributed by atoms with van der Waals surface area (Å²) in [6, 6.07) is 5.33. The molecule has 2 rings (SSSR count). The molecule has 0 unspecified atom stereocenters. The van der Waals surface area contributed by atoms with Crippen LogP contribution in [0.2, 0.25) is 0 Å². The van der Waals surface area contributed by atoms with Crippen molar-refractivity contribution in [3.05, 3.63) is 23.8 Å². The van der Waals surface area contributed by atoms with Crippen molar-refractivity contribution >= 4 is 10.0 Å². The molecule has 7 heteroatoms. The first-order chi connectivity index (χ1) is 8.61. The monoisotopic (exact) mass is 273 g/mol. The summed E-state index contributed by atoms with van der Waals surface area (Å²) >= 11 is 0. The topological polar surface area (TPSA) is 73.9 Å². The summed E-state index contributed by atoms with van der Waals surface area (Å²) in [5.41, 5.74) is 0.820. The van der Waals surface area contributed by atoms with Gasteiger partial charge in [0.25, 0.3) is 0 Å². The second-order valence-corrected chi connectivity index (χ2v) is 5.75. The van der Waals surface area contributed by atoms with Crippen LogP contribution in [0, 0.1) is 0 Å². The van der Waals surface area contributed by atoms with Gasteiger partial charge in [-0.1, -0.05) is 6.07 Å². The summed E-state index contributed by atoms with van der Waals surface area (Å²) in [6.07, 6.45) is 0. The number of sulfonamides is 1. The van der Waals surface area contributed by atoms with Gasteiger partial charge in [0.1, 0.15) is 0 Å². The summed E-state index contributed by atoms with van der Waals surface area (Å²) < 4.78 is 40.7. The van der Waals surface area contributed by atoms with Crippen LogP contribution in [0.5, 0.6) is 11.5 Å². The van der Waals surface area contributed by atoms with Crippen molar-refractivity contribution in [2.75, 3.05) is 26.3 Å². The van der Waals surface area contributed by atoms with Gasteiger partial charge in [-0.05, 0) is 17.7 Å². The molecule has 0 aromatic heterocycles. The van der Waals surface area contributed by atoms with Crippen LogP contribution < -0.4 is 14.2 Å². The van der Waals surface area contributed by atoms with Crippen LogP contribution in [0.4, 0.5) is 0 Å². The Kier molecular flexibility index (Phi) is 4.05. The second kappa shape index (κ2) is 5.55. The zero-order chi connectivity index (χ0) is 13.0. The number of nitrogens with one attached hydrogen (secondary N) is 1. The quantitative estimate of drug-likeness (QED) is 0.816. The number of methoxy groups -OCH3 is 1. The molecule has 100 valence electrons. The fraction of sp³-hybridized carbons (Fsp3) is 0.455. The molecule has 1 aliphatic rings. The Morgan fingerprint density at radius 2 is 2.11 bits per heavy atom. The third kappa shape index (κ3) is 3.34. The smallest absolute Gasteiger partial charge is 0.231 e. The molecule has 1 N–H and O–H groups in total. The van der Waals surface area contributed by atoms with E-state index in [0.29, 0.717) is 11.5 Å². The predicted molar refractivity (Wildman–Crippen MR) is 65.1 cm³/mol. The predicted octanol–water partition coefficient (Wildman–Crippen LogP) is 0.481. The molecular formula is C11H15NO5S.